The molecule has 2 unspecified atom stereocenters. The lowest BCUT2D eigenvalue weighted by Gasteiger charge is -2.29. The quantitative estimate of drug-likeness (QED) is 0.863. The standard InChI is InChI=1S/C20H26ClN3O2/c1-23-18(25)10-17(19(23)13-3-2-4-16(21)9-13)20(26)24-7-5-14-11-22-12-15(14)6-8-24/h2-4,9,14-15,17,19,22H,5-8,10-12H2,1H3/t14-,15+,17?,19?. The van der Waals surface area contributed by atoms with E-state index in [4.69, 9.17) is 11.6 Å². The predicted molar refractivity (Wildman–Crippen MR) is 101 cm³/mol. The average molecular weight is 376 g/mol. The van der Waals surface area contributed by atoms with Gasteiger partial charge in [-0.3, -0.25) is 9.59 Å². The number of halogens is 1. The van der Waals surface area contributed by atoms with Gasteiger partial charge in [-0.2, -0.15) is 0 Å². The summed E-state index contributed by atoms with van der Waals surface area (Å²) in [5.41, 5.74) is 0.945. The summed E-state index contributed by atoms with van der Waals surface area (Å²) in [6, 6.07) is 7.32. The maximum absolute atomic E-state index is 13.3. The summed E-state index contributed by atoms with van der Waals surface area (Å²) in [6.45, 7) is 3.75. The zero-order chi connectivity index (χ0) is 18.3. The minimum atomic E-state index is -0.318. The predicted octanol–water partition coefficient (Wildman–Crippen LogP) is 2.32. The summed E-state index contributed by atoms with van der Waals surface area (Å²) in [5.74, 6) is 1.21. The molecule has 140 valence electrons. The lowest BCUT2D eigenvalue weighted by Crippen LogP contribution is -2.39. The molecule has 0 spiro atoms. The molecule has 0 bridgehead atoms. The first kappa shape index (κ1) is 17.8. The monoisotopic (exact) mass is 375 g/mol. The molecule has 2 amide bonds. The Bertz CT molecular complexity index is 696. The fourth-order valence-corrected chi connectivity index (χ4v) is 5.11. The second kappa shape index (κ2) is 7.20. The molecule has 3 fully saturated rings. The highest BCUT2D eigenvalue weighted by Gasteiger charge is 2.45. The smallest absolute Gasteiger partial charge is 0.228 e. The second-order valence-electron chi connectivity index (χ2n) is 7.90. The first-order valence-corrected chi connectivity index (χ1v) is 9.93. The van der Waals surface area contributed by atoms with Gasteiger partial charge in [-0.15, -0.1) is 0 Å². The Morgan fingerprint density at radius 2 is 1.88 bits per heavy atom. The first-order valence-electron chi connectivity index (χ1n) is 9.55. The van der Waals surface area contributed by atoms with Crippen LogP contribution in [0, 0.1) is 17.8 Å². The summed E-state index contributed by atoms with van der Waals surface area (Å²) < 4.78 is 0. The Labute approximate surface area is 159 Å². The maximum Gasteiger partial charge on any atom is 0.228 e. The van der Waals surface area contributed by atoms with Gasteiger partial charge in [0.15, 0.2) is 0 Å². The highest BCUT2D eigenvalue weighted by atomic mass is 35.5. The third kappa shape index (κ3) is 3.23. The van der Waals surface area contributed by atoms with Crippen molar-refractivity contribution >= 4 is 23.4 Å². The van der Waals surface area contributed by atoms with E-state index < -0.39 is 0 Å². The Hall–Kier alpha value is -1.59. The van der Waals surface area contributed by atoms with E-state index in [2.05, 4.69) is 5.32 Å². The summed E-state index contributed by atoms with van der Waals surface area (Å²) >= 11 is 6.15. The van der Waals surface area contributed by atoms with Crippen molar-refractivity contribution in [3.63, 3.8) is 0 Å². The SMILES string of the molecule is CN1C(=O)CC(C(=O)N2CC[C@@H]3CNC[C@@H]3CC2)C1c1cccc(Cl)c1. The maximum atomic E-state index is 13.3. The van der Waals surface area contributed by atoms with E-state index in [-0.39, 0.29) is 30.2 Å². The van der Waals surface area contributed by atoms with E-state index >= 15 is 0 Å². The molecule has 3 saturated heterocycles. The summed E-state index contributed by atoms with van der Waals surface area (Å²) in [7, 11) is 1.79. The minimum Gasteiger partial charge on any atom is -0.342 e. The number of carbonyl (C=O) groups is 2. The molecule has 0 aliphatic carbocycles. The molecular weight excluding hydrogens is 350 g/mol. The van der Waals surface area contributed by atoms with Crippen molar-refractivity contribution in [2.24, 2.45) is 17.8 Å². The van der Waals surface area contributed by atoms with Crippen LogP contribution in [-0.4, -0.2) is 54.8 Å². The van der Waals surface area contributed by atoms with Crippen LogP contribution in [0.15, 0.2) is 24.3 Å². The number of nitrogens with one attached hydrogen (secondary N) is 1. The van der Waals surface area contributed by atoms with Gasteiger partial charge in [0.05, 0.1) is 12.0 Å². The van der Waals surface area contributed by atoms with Gasteiger partial charge < -0.3 is 15.1 Å². The van der Waals surface area contributed by atoms with Gasteiger partial charge in [0, 0.05) is 31.6 Å². The second-order valence-corrected chi connectivity index (χ2v) is 8.33. The van der Waals surface area contributed by atoms with Crippen LogP contribution in [0.5, 0.6) is 0 Å². The molecule has 26 heavy (non-hydrogen) atoms. The molecule has 3 aliphatic rings. The lowest BCUT2D eigenvalue weighted by atomic mass is 9.92. The van der Waals surface area contributed by atoms with Crippen LogP contribution in [0.4, 0.5) is 0 Å². The Balaban J connectivity index is 1.54. The number of nitrogens with zero attached hydrogens (tertiary/aromatic N) is 2. The van der Waals surface area contributed by atoms with Crippen molar-refractivity contribution in [2.75, 3.05) is 33.2 Å². The molecule has 6 heteroatoms. The van der Waals surface area contributed by atoms with Crippen LogP contribution in [0.2, 0.25) is 5.02 Å². The van der Waals surface area contributed by atoms with Crippen LogP contribution >= 0.6 is 11.6 Å². The summed E-state index contributed by atoms with van der Waals surface area (Å²) in [6.07, 6.45) is 2.40. The molecule has 0 saturated carbocycles. The number of likely N-dealkylation sites (tertiary alicyclic amines) is 2. The van der Waals surface area contributed by atoms with Gasteiger partial charge in [-0.05, 0) is 55.5 Å². The molecular formula is C20H26ClN3O2. The average Bonchev–Trinajstić information content (AvgIpc) is 3.13. The van der Waals surface area contributed by atoms with Crippen LogP contribution in [-0.2, 0) is 9.59 Å². The van der Waals surface area contributed by atoms with E-state index in [0.717, 1.165) is 44.6 Å². The molecule has 4 atom stereocenters. The number of carbonyl (C=O) groups excluding carboxylic acids is 2. The van der Waals surface area contributed by atoms with Gasteiger partial charge >= 0.3 is 0 Å². The van der Waals surface area contributed by atoms with Crippen molar-refractivity contribution in [3.05, 3.63) is 34.9 Å². The third-order valence-electron chi connectivity index (χ3n) is 6.42. The zero-order valence-corrected chi connectivity index (χ0v) is 15.9. The molecule has 3 heterocycles. The zero-order valence-electron chi connectivity index (χ0n) is 15.2. The van der Waals surface area contributed by atoms with Crippen molar-refractivity contribution in [1.82, 2.24) is 15.1 Å². The highest BCUT2D eigenvalue weighted by Crippen LogP contribution is 2.39. The molecule has 1 N–H and O–H groups in total. The fraction of sp³-hybridized carbons (Fsp3) is 0.600. The van der Waals surface area contributed by atoms with E-state index in [0.29, 0.717) is 16.9 Å². The van der Waals surface area contributed by atoms with Crippen molar-refractivity contribution in [3.8, 4) is 0 Å². The first-order chi connectivity index (χ1) is 12.5. The molecule has 3 aliphatic heterocycles. The number of hydrogen-bond donors (Lipinski definition) is 1. The lowest BCUT2D eigenvalue weighted by molar-refractivity contribution is -0.136. The van der Waals surface area contributed by atoms with Gasteiger partial charge in [0.1, 0.15) is 0 Å². The highest BCUT2D eigenvalue weighted by molar-refractivity contribution is 6.30. The Morgan fingerprint density at radius 3 is 2.54 bits per heavy atom. The number of amides is 2. The van der Waals surface area contributed by atoms with Gasteiger partial charge in [0.25, 0.3) is 0 Å². The Kier molecular flexibility index (Phi) is 4.93. The summed E-state index contributed by atoms with van der Waals surface area (Å²) in [5, 5.41) is 4.11. The van der Waals surface area contributed by atoms with Gasteiger partial charge in [-0.1, -0.05) is 23.7 Å². The molecule has 0 aromatic heterocycles. The molecule has 5 nitrogen and oxygen atoms in total. The number of benzene rings is 1. The van der Waals surface area contributed by atoms with Crippen molar-refractivity contribution < 1.29 is 9.59 Å². The van der Waals surface area contributed by atoms with Crippen molar-refractivity contribution in [2.45, 2.75) is 25.3 Å². The third-order valence-corrected chi connectivity index (χ3v) is 6.66. The van der Waals surface area contributed by atoms with Crippen molar-refractivity contribution in [1.29, 1.82) is 0 Å². The van der Waals surface area contributed by atoms with Gasteiger partial charge in [-0.25, -0.2) is 0 Å². The number of rotatable bonds is 2. The van der Waals surface area contributed by atoms with Crippen LogP contribution < -0.4 is 5.32 Å². The van der Waals surface area contributed by atoms with Crippen LogP contribution in [0.1, 0.15) is 30.9 Å². The molecule has 0 radical (unpaired) electrons. The van der Waals surface area contributed by atoms with Crippen LogP contribution in [0.3, 0.4) is 0 Å². The molecule has 1 aromatic rings. The largest absolute Gasteiger partial charge is 0.342 e. The van der Waals surface area contributed by atoms with Gasteiger partial charge in [0.2, 0.25) is 11.8 Å². The topological polar surface area (TPSA) is 52.7 Å². The number of hydrogen-bond acceptors (Lipinski definition) is 3. The molecule has 1 aromatic carbocycles. The Morgan fingerprint density at radius 1 is 1.19 bits per heavy atom. The van der Waals surface area contributed by atoms with E-state index in [1.807, 2.05) is 29.2 Å². The van der Waals surface area contributed by atoms with E-state index in [9.17, 15) is 9.59 Å². The minimum absolute atomic E-state index is 0.0317. The fourth-order valence-electron chi connectivity index (χ4n) is 4.91. The normalized spacial score (nSPS) is 31.8. The van der Waals surface area contributed by atoms with Crippen LogP contribution in [0.25, 0.3) is 0 Å². The summed E-state index contributed by atoms with van der Waals surface area (Å²) in [4.78, 5) is 29.4. The van der Waals surface area contributed by atoms with E-state index in [1.54, 1.807) is 11.9 Å². The van der Waals surface area contributed by atoms with E-state index in [1.165, 1.54) is 0 Å². The molecule has 4 rings (SSSR count). The number of fused-ring (bicyclic) bond motifs is 1.